The Morgan fingerprint density at radius 1 is 1.18 bits per heavy atom. The van der Waals surface area contributed by atoms with E-state index in [1.807, 2.05) is 50.3 Å². The maximum Gasteiger partial charge on any atom is 0.261 e. The normalized spacial score (nSPS) is 14.4. The Morgan fingerprint density at radius 3 is 2.79 bits per heavy atom. The molecule has 1 aromatic heterocycles. The van der Waals surface area contributed by atoms with Crippen LogP contribution in [0.2, 0.25) is 0 Å². The predicted molar refractivity (Wildman–Crippen MR) is 114 cm³/mol. The van der Waals surface area contributed by atoms with Crippen LogP contribution in [-0.2, 0) is 13.5 Å². The highest BCUT2D eigenvalue weighted by Crippen LogP contribution is 2.34. The molecule has 0 atom stereocenters. The highest BCUT2D eigenvalue weighted by molar-refractivity contribution is 5.89. The summed E-state index contributed by atoms with van der Waals surface area (Å²) in [5, 5.41) is 6.21. The van der Waals surface area contributed by atoms with E-state index in [4.69, 9.17) is 4.74 Å². The average molecular weight is 373 g/mol. The largest absolute Gasteiger partial charge is 0.455 e. The average Bonchev–Trinajstić information content (AvgIpc) is 2.70. The zero-order valence-electron chi connectivity index (χ0n) is 16.6. The van der Waals surface area contributed by atoms with Crippen LogP contribution in [0.1, 0.15) is 18.1 Å². The van der Waals surface area contributed by atoms with E-state index < -0.39 is 0 Å². The van der Waals surface area contributed by atoms with E-state index in [0.717, 1.165) is 46.6 Å². The van der Waals surface area contributed by atoms with Gasteiger partial charge in [0.2, 0.25) is 0 Å². The van der Waals surface area contributed by atoms with Crippen molar-refractivity contribution in [3.63, 3.8) is 0 Å². The molecule has 0 saturated heterocycles. The monoisotopic (exact) mass is 373 g/mol. The third-order valence-corrected chi connectivity index (χ3v) is 5.82. The number of benzene rings is 2. The molecule has 1 N–H and O–H groups in total. The van der Waals surface area contributed by atoms with E-state index in [9.17, 15) is 4.79 Å². The van der Waals surface area contributed by atoms with Crippen LogP contribution in [0.3, 0.4) is 0 Å². The van der Waals surface area contributed by atoms with Gasteiger partial charge in [0.25, 0.3) is 5.56 Å². The first-order chi connectivity index (χ1) is 13.4. The molecule has 0 unspecified atom stereocenters. The van der Waals surface area contributed by atoms with Gasteiger partial charge in [-0.3, -0.25) is 4.79 Å². The molecule has 0 amide bonds. The molecule has 0 fully saturated rings. The number of pyridine rings is 1. The second-order valence-corrected chi connectivity index (χ2v) is 7.80. The molecular weight excluding hydrogens is 350 g/mol. The first-order valence-electron chi connectivity index (χ1n) is 9.55. The minimum absolute atomic E-state index is 0.0359. The van der Waals surface area contributed by atoms with Gasteiger partial charge in [-0.05, 0) is 54.5 Å². The molecule has 2 aromatic carbocycles. The Balaban J connectivity index is 1.86. The molecule has 142 valence electrons. The second-order valence-electron chi connectivity index (χ2n) is 7.80. The first-order valence-corrected chi connectivity index (χ1v) is 9.55. The minimum atomic E-state index is -0.0359. The van der Waals surface area contributed by atoms with Gasteiger partial charge in [-0.15, -0.1) is 0 Å². The van der Waals surface area contributed by atoms with E-state index in [-0.39, 0.29) is 5.56 Å². The van der Waals surface area contributed by atoms with E-state index in [0.29, 0.717) is 11.0 Å². The van der Waals surface area contributed by atoms with Gasteiger partial charge in [-0.1, -0.05) is 0 Å². The number of nitrogens with zero attached hydrogens (tertiary/aromatic N) is 2. The zero-order valence-corrected chi connectivity index (χ0v) is 16.6. The molecule has 0 radical (unpaired) electrons. The molecule has 5 heteroatoms. The Labute approximate surface area is 163 Å². The van der Waals surface area contributed by atoms with Gasteiger partial charge in [0.05, 0.1) is 10.7 Å². The Bertz CT molecular complexity index is 1330. The number of aryl methyl sites for hydroxylation is 1. The lowest BCUT2D eigenvalue weighted by Crippen LogP contribution is -2.37. The lowest BCUT2D eigenvalue weighted by Gasteiger charge is -2.22. The van der Waals surface area contributed by atoms with Crippen molar-refractivity contribution in [2.75, 3.05) is 25.5 Å². The SMILES string of the molecule is CC1=c2cc3c(cc2CCN1)c1c(c(=O)n3C)=Cc2ccc(N(C)C)cc2O1. The van der Waals surface area contributed by atoms with Gasteiger partial charge < -0.3 is 19.5 Å². The summed E-state index contributed by atoms with van der Waals surface area (Å²) in [5.74, 6) is 1.45. The Kier molecular flexibility index (Phi) is 3.56. The number of ether oxygens (including phenoxy) is 1. The number of aromatic nitrogens is 1. The van der Waals surface area contributed by atoms with Crippen molar-refractivity contribution in [2.24, 2.45) is 7.05 Å². The topological polar surface area (TPSA) is 46.5 Å². The van der Waals surface area contributed by atoms with Crippen LogP contribution in [0.5, 0.6) is 11.5 Å². The maximum atomic E-state index is 13.1. The molecule has 0 spiro atoms. The van der Waals surface area contributed by atoms with E-state index >= 15 is 0 Å². The van der Waals surface area contributed by atoms with Crippen molar-refractivity contribution >= 4 is 28.4 Å². The van der Waals surface area contributed by atoms with Gasteiger partial charge in [-0.2, -0.15) is 0 Å². The summed E-state index contributed by atoms with van der Waals surface area (Å²) in [4.78, 5) is 15.1. The zero-order chi connectivity index (χ0) is 19.6. The summed E-state index contributed by atoms with van der Waals surface area (Å²) in [6.45, 7) is 3.02. The number of hydrogen-bond donors (Lipinski definition) is 1. The highest BCUT2D eigenvalue weighted by Gasteiger charge is 2.20. The summed E-state index contributed by atoms with van der Waals surface area (Å²) >= 11 is 0. The van der Waals surface area contributed by atoms with Crippen molar-refractivity contribution in [2.45, 2.75) is 13.3 Å². The van der Waals surface area contributed by atoms with Crippen LogP contribution >= 0.6 is 0 Å². The van der Waals surface area contributed by atoms with Gasteiger partial charge in [-0.25, -0.2) is 0 Å². The standard InChI is InChI=1S/C23H23N3O2/c1-13-17-12-20-18(9-14(17)7-8-24-13)22-19(23(27)26(20)4)10-15-5-6-16(25(2)3)11-21(15)28-22/h5-6,9-12,24H,7-8H2,1-4H3. The fraction of sp³-hybridized carbons (Fsp3) is 0.261. The Hall–Kier alpha value is -3.21. The quantitative estimate of drug-likeness (QED) is 0.553. The number of nitrogens with one attached hydrogen (secondary N) is 1. The van der Waals surface area contributed by atoms with Crippen LogP contribution in [0.4, 0.5) is 5.69 Å². The second kappa shape index (κ2) is 5.89. The maximum absolute atomic E-state index is 13.1. The molecule has 28 heavy (non-hydrogen) atoms. The van der Waals surface area contributed by atoms with Crippen LogP contribution < -0.4 is 31.0 Å². The fourth-order valence-electron chi connectivity index (χ4n) is 4.17. The van der Waals surface area contributed by atoms with Crippen LogP contribution in [0.15, 0.2) is 35.1 Å². The molecule has 3 heterocycles. The molecule has 5 rings (SSSR count). The van der Waals surface area contributed by atoms with Crippen LogP contribution in [0, 0.1) is 0 Å². The molecule has 5 nitrogen and oxygen atoms in total. The van der Waals surface area contributed by atoms with E-state index in [1.165, 1.54) is 10.8 Å². The summed E-state index contributed by atoms with van der Waals surface area (Å²) in [6.07, 6.45) is 2.92. The van der Waals surface area contributed by atoms with Crippen LogP contribution in [-0.4, -0.2) is 25.2 Å². The summed E-state index contributed by atoms with van der Waals surface area (Å²) in [7, 11) is 5.85. The smallest absolute Gasteiger partial charge is 0.261 e. The third-order valence-electron chi connectivity index (χ3n) is 5.82. The number of fused-ring (bicyclic) bond motifs is 5. The molecule has 0 aliphatic carbocycles. The number of hydrogen-bond acceptors (Lipinski definition) is 4. The van der Waals surface area contributed by atoms with E-state index in [2.05, 4.69) is 24.4 Å². The van der Waals surface area contributed by atoms with Gasteiger partial charge in [0.15, 0.2) is 0 Å². The number of rotatable bonds is 1. The van der Waals surface area contributed by atoms with Crippen molar-refractivity contribution < 1.29 is 4.74 Å². The molecule has 3 aromatic rings. The third kappa shape index (κ3) is 2.35. The lowest BCUT2D eigenvalue weighted by atomic mass is 9.99. The first kappa shape index (κ1) is 16.9. The fourth-order valence-corrected chi connectivity index (χ4v) is 4.17. The van der Waals surface area contributed by atoms with Gasteiger partial charge in [0.1, 0.15) is 11.5 Å². The molecule has 2 aliphatic rings. The van der Waals surface area contributed by atoms with Crippen molar-refractivity contribution in [3.05, 3.63) is 62.2 Å². The molecular formula is C23H23N3O2. The molecule has 2 aliphatic heterocycles. The Morgan fingerprint density at radius 2 is 2.00 bits per heavy atom. The van der Waals surface area contributed by atoms with Gasteiger partial charge >= 0.3 is 0 Å². The summed E-state index contributed by atoms with van der Waals surface area (Å²) < 4.78 is 8.07. The molecule has 0 bridgehead atoms. The van der Waals surface area contributed by atoms with Crippen molar-refractivity contribution in [1.82, 2.24) is 9.88 Å². The van der Waals surface area contributed by atoms with Gasteiger partial charge in [0, 0.05) is 56.1 Å². The summed E-state index contributed by atoms with van der Waals surface area (Å²) in [5.41, 5.74) is 5.30. The minimum Gasteiger partial charge on any atom is -0.455 e. The van der Waals surface area contributed by atoms with Crippen LogP contribution in [0.25, 0.3) is 22.7 Å². The lowest BCUT2D eigenvalue weighted by molar-refractivity contribution is 0.476. The summed E-state index contributed by atoms with van der Waals surface area (Å²) in [6, 6.07) is 10.4. The van der Waals surface area contributed by atoms with Crippen molar-refractivity contribution in [1.29, 1.82) is 0 Å². The van der Waals surface area contributed by atoms with Crippen molar-refractivity contribution in [3.8, 4) is 11.5 Å². The molecule has 0 saturated carbocycles. The highest BCUT2D eigenvalue weighted by atomic mass is 16.5. The predicted octanol–water partition coefficient (Wildman–Crippen LogP) is 1.81. The number of anilines is 1. The van der Waals surface area contributed by atoms with E-state index in [1.54, 1.807) is 4.57 Å².